The standard InChI is InChI=1S/C38H28ClN5O3S/c1-2-22-46-31-17-12-26(13-18-31)14-21-35-40-38-44(41-35)37(45)34(48-38)23-29-24-43(30-9-4-3-5-10-30)42-36(29)27-15-19-32(20-16-27)47-25-28-8-6-7-11-33(28)39/h2-21,23-24H,1,22,25H2/b21-14+,34-23-. The van der Waals surface area contributed by atoms with Gasteiger partial charge in [0, 0.05) is 27.9 Å². The van der Waals surface area contributed by atoms with Crippen LogP contribution in [0, 0.1) is 0 Å². The predicted octanol–water partition coefficient (Wildman–Crippen LogP) is 7.52. The molecule has 0 spiro atoms. The average molecular weight is 670 g/mol. The fraction of sp³-hybridized carbons (Fsp3) is 0.0526. The molecule has 0 aliphatic heterocycles. The third-order valence-electron chi connectivity index (χ3n) is 7.40. The highest BCUT2D eigenvalue weighted by atomic mass is 35.5. The van der Waals surface area contributed by atoms with Crippen LogP contribution in [0.1, 0.15) is 22.5 Å². The molecule has 0 saturated carbocycles. The topological polar surface area (TPSA) is 83.5 Å². The molecule has 7 rings (SSSR count). The number of halogens is 1. The van der Waals surface area contributed by atoms with E-state index in [1.54, 1.807) is 12.2 Å². The zero-order valence-electron chi connectivity index (χ0n) is 25.6. The lowest BCUT2D eigenvalue weighted by atomic mass is 10.1. The first-order valence-electron chi connectivity index (χ1n) is 15.1. The van der Waals surface area contributed by atoms with Crippen molar-refractivity contribution in [2.75, 3.05) is 6.61 Å². The third-order valence-corrected chi connectivity index (χ3v) is 8.73. The van der Waals surface area contributed by atoms with Gasteiger partial charge in [0.1, 0.15) is 30.4 Å². The van der Waals surface area contributed by atoms with Gasteiger partial charge in [0.25, 0.3) is 5.56 Å². The van der Waals surface area contributed by atoms with Crippen LogP contribution in [0.15, 0.2) is 127 Å². The minimum absolute atomic E-state index is 0.243. The minimum atomic E-state index is -0.243. The molecule has 0 fully saturated rings. The molecule has 0 aliphatic rings. The van der Waals surface area contributed by atoms with Gasteiger partial charge in [-0.05, 0) is 72.3 Å². The zero-order valence-corrected chi connectivity index (χ0v) is 27.1. The van der Waals surface area contributed by atoms with Gasteiger partial charge in [-0.2, -0.15) is 14.6 Å². The van der Waals surface area contributed by atoms with Crippen LogP contribution < -0.4 is 19.6 Å². The van der Waals surface area contributed by atoms with Gasteiger partial charge in [-0.3, -0.25) is 4.79 Å². The fourth-order valence-electron chi connectivity index (χ4n) is 4.98. The molecule has 0 radical (unpaired) electrons. The lowest BCUT2D eigenvalue weighted by molar-refractivity contribution is 0.306. The van der Waals surface area contributed by atoms with Crippen LogP contribution >= 0.6 is 22.9 Å². The number of aromatic nitrogens is 5. The van der Waals surface area contributed by atoms with Crippen molar-refractivity contribution in [3.63, 3.8) is 0 Å². The Labute approximate surface area is 285 Å². The molecule has 0 amide bonds. The SMILES string of the molecule is C=CCOc1ccc(/C=C/c2nc3s/c(=C\c4cn(-c5ccccc5)nc4-c4ccc(OCc5ccccc5Cl)cc4)c(=O)n3n2)cc1. The summed E-state index contributed by atoms with van der Waals surface area (Å²) in [4.78, 5) is 18.6. The van der Waals surface area contributed by atoms with E-state index in [2.05, 4.69) is 16.7 Å². The van der Waals surface area contributed by atoms with Gasteiger partial charge >= 0.3 is 0 Å². The second kappa shape index (κ2) is 13.9. The van der Waals surface area contributed by atoms with Gasteiger partial charge in [0.2, 0.25) is 4.96 Å². The Kier molecular flexibility index (Phi) is 8.95. The highest BCUT2D eigenvalue weighted by Gasteiger charge is 2.14. The maximum absolute atomic E-state index is 13.5. The number of rotatable bonds is 11. The molecule has 7 aromatic rings. The second-order valence-electron chi connectivity index (χ2n) is 10.7. The summed E-state index contributed by atoms with van der Waals surface area (Å²) >= 11 is 7.57. The Morgan fingerprint density at radius 1 is 0.833 bits per heavy atom. The Hall–Kier alpha value is -5.77. The molecule has 3 heterocycles. The number of benzene rings is 4. The molecule has 0 unspecified atom stereocenters. The highest BCUT2D eigenvalue weighted by Crippen LogP contribution is 2.27. The minimum Gasteiger partial charge on any atom is -0.490 e. The van der Waals surface area contributed by atoms with E-state index in [4.69, 9.17) is 26.2 Å². The maximum Gasteiger partial charge on any atom is 0.291 e. The molecule has 0 aliphatic carbocycles. The monoisotopic (exact) mass is 669 g/mol. The summed E-state index contributed by atoms with van der Waals surface area (Å²) in [6, 6.07) is 32.8. The molecule has 0 atom stereocenters. The van der Waals surface area contributed by atoms with Gasteiger partial charge in [-0.1, -0.05) is 90.2 Å². The molecule has 0 saturated heterocycles. The molecular weight excluding hydrogens is 642 g/mol. The summed E-state index contributed by atoms with van der Waals surface area (Å²) in [5, 5.41) is 10.0. The zero-order chi connectivity index (χ0) is 32.9. The first-order valence-corrected chi connectivity index (χ1v) is 16.3. The van der Waals surface area contributed by atoms with Crippen molar-refractivity contribution in [1.82, 2.24) is 24.4 Å². The van der Waals surface area contributed by atoms with Crippen LogP contribution in [0.5, 0.6) is 11.5 Å². The van der Waals surface area contributed by atoms with E-state index >= 15 is 0 Å². The summed E-state index contributed by atoms with van der Waals surface area (Å²) in [6.45, 7) is 4.47. The number of ether oxygens (including phenoxy) is 2. The molecule has 10 heteroatoms. The molecule has 236 valence electrons. The number of nitrogens with zero attached hydrogens (tertiary/aromatic N) is 5. The van der Waals surface area contributed by atoms with E-state index in [1.165, 1.54) is 15.9 Å². The van der Waals surface area contributed by atoms with Crippen molar-refractivity contribution in [3.8, 4) is 28.4 Å². The van der Waals surface area contributed by atoms with E-state index in [0.29, 0.717) is 39.3 Å². The van der Waals surface area contributed by atoms with Crippen LogP contribution in [-0.2, 0) is 6.61 Å². The average Bonchev–Trinajstić information content (AvgIpc) is 3.81. The van der Waals surface area contributed by atoms with Gasteiger partial charge < -0.3 is 9.47 Å². The van der Waals surface area contributed by atoms with Gasteiger partial charge in [0.15, 0.2) is 5.82 Å². The van der Waals surface area contributed by atoms with Crippen LogP contribution in [0.3, 0.4) is 0 Å². The molecule has 4 aromatic carbocycles. The first-order chi connectivity index (χ1) is 23.5. The second-order valence-corrected chi connectivity index (χ2v) is 12.1. The van der Waals surface area contributed by atoms with Crippen LogP contribution in [0.25, 0.3) is 40.1 Å². The summed E-state index contributed by atoms with van der Waals surface area (Å²) in [7, 11) is 0. The number of hydrogen-bond donors (Lipinski definition) is 0. The lowest BCUT2D eigenvalue weighted by Gasteiger charge is -2.08. The largest absolute Gasteiger partial charge is 0.490 e. The molecule has 8 nitrogen and oxygen atoms in total. The van der Waals surface area contributed by atoms with Crippen molar-refractivity contribution in [1.29, 1.82) is 0 Å². The Morgan fingerprint density at radius 2 is 1.56 bits per heavy atom. The number of para-hydroxylation sites is 1. The smallest absolute Gasteiger partial charge is 0.291 e. The summed E-state index contributed by atoms with van der Waals surface area (Å²) in [5.41, 5.74) is 4.91. The number of thiazole rings is 1. The summed E-state index contributed by atoms with van der Waals surface area (Å²) in [6.07, 6.45) is 9.15. The first kappa shape index (κ1) is 30.9. The predicted molar refractivity (Wildman–Crippen MR) is 192 cm³/mol. The van der Waals surface area contributed by atoms with E-state index in [0.717, 1.165) is 39.4 Å². The third kappa shape index (κ3) is 6.83. The van der Waals surface area contributed by atoms with Crippen LogP contribution in [0.2, 0.25) is 5.02 Å². The van der Waals surface area contributed by atoms with Crippen molar-refractivity contribution in [2.24, 2.45) is 0 Å². The Morgan fingerprint density at radius 3 is 2.31 bits per heavy atom. The van der Waals surface area contributed by atoms with Crippen LogP contribution in [0.4, 0.5) is 0 Å². The lowest BCUT2D eigenvalue weighted by Crippen LogP contribution is -2.23. The summed E-state index contributed by atoms with van der Waals surface area (Å²) in [5.74, 6) is 1.92. The van der Waals surface area contributed by atoms with Crippen molar-refractivity contribution >= 4 is 46.1 Å². The maximum atomic E-state index is 13.5. The van der Waals surface area contributed by atoms with E-state index < -0.39 is 0 Å². The quantitative estimate of drug-likeness (QED) is 0.133. The Bertz CT molecular complexity index is 2340. The molecule has 0 bridgehead atoms. The normalized spacial score (nSPS) is 11.8. The van der Waals surface area contributed by atoms with Crippen molar-refractivity contribution in [3.05, 3.63) is 164 Å². The van der Waals surface area contributed by atoms with E-state index in [1.807, 2.05) is 126 Å². The number of fused-ring (bicyclic) bond motifs is 1. The fourth-order valence-corrected chi connectivity index (χ4v) is 6.07. The highest BCUT2D eigenvalue weighted by molar-refractivity contribution is 7.15. The molecule has 0 N–H and O–H groups in total. The Balaban J connectivity index is 1.17. The van der Waals surface area contributed by atoms with Gasteiger partial charge in [-0.15, -0.1) is 5.10 Å². The van der Waals surface area contributed by atoms with Crippen molar-refractivity contribution < 1.29 is 9.47 Å². The number of hydrogen-bond acceptors (Lipinski definition) is 7. The van der Waals surface area contributed by atoms with E-state index in [-0.39, 0.29) is 5.56 Å². The molecule has 3 aromatic heterocycles. The van der Waals surface area contributed by atoms with Gasteiger partial charge in [0.05, 0.1) is 10.2 Å². The van der Waals surface area contributed by atoms with Gasteiger partial charge in [-0.25, -0.2) is 4.68 Å². The summed E-state index contributed by atoms with van der Waals surface area (Å²) < 4.78 is 15.2. The van der Waals surface area contributed by atoms with Crippen molar-refractivity contribution in [2.45, 2.75) is 6.61 Å². The van der Waals surface area contributed by atoms with Crippen LogP contribution in [-0.4, -0.2) is 31.0 Å². The molecule has 48 heavy (non-hydrogen) atoms. The molecular formula is C38H28ClN5O3S. The van der Waals surface area contributed by atoms with E-state index in [9.17, 15) is 4.79 Å².